The monoisotopic (exact) mass is 372 g/mol. The van der Waals surface area contributed by atoms with Crippen LogP contribution in [-0.2, 0) is 16.0 Å². The first-order valence-electron chi connectivity index (χ1n) is 10.7. The summed E-state index contributed by atoms with van der Waals surface area (Å²) in [5.41, 5.74) is 2.26. The molecule has 6 heteroatoms. The molecule has 1 aliphatic heterocycles. The quantitative estimate of drug-likeness (QED) is 0.879. The fourth-order valence-electron chi connectivity index (χ4n) is 4.78. The largest absolute Gasteiger partial charge is 0.381 e. The molecule has 27 heavy (non-hydrogen) atoms. The molecule has 0 bridgehead atoms. The van der Waals surface area contributed by atoms with Crippen LogP contribution in [-0.4, -0.2) is 42.2 Å². The predicted molar refractivity (Wildman–Crippen MR) is 105 cm³/mol. The van der Waals surface area contributed by atoms with Gasteiger partial charge in [0.2, 0.25) is 11.9 Å². The molecule has 0 aromatic carbocycles. The molecule has 3 aliphatic rings. The van der Waals surface area contributed by atoms with Crippen LogP contribution in [0.2, 0.25) is 0 Å². The van der Waals surface area contributed by atoms with Crippen LogP contribution in [0, 0.1) is 5.92 Å². The van der Waals surface area contributed by atoms with Crippen molar-refractivity contribution in [3.63, 3.8) is 0 Å². The number of anilines is 1. The molecule has 0 spiro atoms. The zero-order chi connectivity index (χ0) is 18.6. The third-order valence-electron chi connectivity index (χ3n) is 6.50. The number of fused-ring (bicyclic) bond motifs is 1. The van der Waals surface area contributed by atoms with Crippen LogP contribution in [0.4, 0.5) is 5.95 Å². The highest BCUT2D eigenvalue weighted by atomic mass is 16.5. The zero-order valence-corrected chi connectivity index (χ0v) is 16.5. The first-order valence-corrected chi connectivity index (χ1v) is 10.7. The average molecular weight is 373 g/mol. The molecule has 2 heterocycles. The topological polar surface area (TPSA) is 67.3 Å². The van der Waals surface area contributed by atoms with Gasteiger partial charge in [0.05, 0.1) is 17.8 Å². The summed E-state index contributed by atoms with van der Waals surface area (Å²) in [6.45, 7) is 2.12. The van der Waals surface area contributed by atoms with Crippen molar-refractivity contribution in [1.29, 1.82) is 0 Å². The highest BCUT2D eigenvalue weighted by Gasteiger charge is 2.30. The molecule has 148 valence electrons. The normalized spacial score (nSPS) is 28.5. The second-order valence-corrected chi connectivity index (χ2v) is 8.28. The maximum absolute atomic E-state index is 12.8. The van der Waals surface area contributed by atoms with E-state index in [0.717, 1.165) is 75.2 Å². The SMILES string of the molecule is COC1CCC(C(=O)NC2CCCc3nc(N4CCCCC4)ncc32)CC1. The fourth-order valence-corrected chi connectivity index (χ4v) is 4.78. The lowest BCUT2D eigenvalue weighted by Crippen LogP contribution is -2.38. The van der Waals surface area contributed by atoms with E-state index in [9.17, 15) is 4.79 Å². The van der Waals surface area contributed by atoms with Crippen molar-refractivity contribution in [1.82, 2.24) is 15.3 Å². The Morgan fingerprint density at radius 2 is 1.89 bits per heavy atom. The van der Waals surface area contributed by atoms with Crippen molar-refractivity contribution < 1.29 is 9.53 Å². The summed E-state index contributed by atoms with van der Waals surface area (Å²) >= 11 is 0. The number of piperidine rings is 1. The van der Waals surface area contributed by atoms with E-state index in [2.05, 4.69) is 15.2 Å². The molecule has 1 saturated heterocycles. The van der Waals surface area contributed by atoms with Crippen molar-refractivity contribution >= 4 is 11.9 Å². The van der Waals surface area contributed by atoms with Crippen LogP contribution in [0.5, 0.6) is 0 Å². The van der Waals surface area contributed by atoms with Crippen molar-refractivity contribution in [2.24, 2.45) is 5.92 Å². The number of hydrogen-bond acceptors (Lipinski definition) is 5. The summed E-state index contributed by atoms with van der Waals surface area (Å²) in [4.78, 5) is 24.6. The lowest BCUT2D eigenvalue weighted by atomic mass is 9.85. The van der Waals surface area contributed by atoms with Gasteiger partial charge in [0, 0.05) is 37.9 Å². The van der Waals surface area contributed by atoms with Crippen LogP contribution < -0.4 is 10.2 Å². The average Bonchev–Trinajstić information content (AvgIpc) is 2.74. The van der Waals surface area contributed by atoms with E-state index in [1.165, 1.54) is 19.3 Å². The van der Waals surface area contributed by atoms with Gasteiger partial charge in [-0.3, -0.25) is 4.79 Å². The van der Waals surface area contributed by atoms with Gasteiger partial charge in [-0.1, -0.05) is 0 Å². The molecule has 0 radical (unpaired) electrons. The first-order chi connectivity index (χ1) is 13.2. The standard InChI is InChI=1S/C21H32N4O2/c1-27-16-10-8-15(9-11-16)20(26)23-18-6-5-7-19-17(18)14-22-21(24-19)25-12-3-2-4-13-25/h14-16,18H,2-13H2,1H3,(H,23,26). The summed E-state index contributed by atoms with van der Waals surface area (Å²) in [5, 5.41) is 3.30. The predicted octanol–water partition coefficient (Wildman–Crippen LogP) is 3.17. The Balaban J connectivity index is 1.41. The van der Waals surface area contributed by atoms with Crippen molar-refractivity contribution in [2.75, 3.05) is 25.1 Å². The lowest BCUT2D eigenvalue weighted by Gasteiger charge is -2.31. The molecule has 1 unspecified atom stereocenters. The molecule has 1 atom stereocenters. The zero-order valence-electron chi connectivity index (χ0n) is 16.5. The molecule has 2 fully saturated rings. The number of rotatable bonds is 4. The number of amides is 1. The third kappa shape index (κ3) is 4.26. The molecule has 1 aromatic rings. The van der Waals surface area contributed by atoms with Crippen LogP contribution in [0.1, 0.15) is 75.1 Å². The molecule has 1 amide bonds. The van der Waals surface area contributed by atoms with Gasteiger partial charge in [0.25, 0.3) is 0 Å². The highest BCUT2D eigenvalue weighted by Crippen LogP contribution is 2.32. The van der Waals surface area contributed by atoms with Crippen molar-refractivity contribution in [3.05, 3.63) is 17.5 Å². The number of nitrogens with zero attached hydrogens (tertiary/aromatic N) is 3. The second kappa shape index (κ2) is 8.55. The maximum Gasteiger partial charge on any atom is 0.225 e. The Labute approximate surface area is 162 Å². The van der Waals surface area contributed by atoms with E-state index in [0.29, 0.717) is 6.10 Å². The molecular formula is C21H32N4O2. The van der Waals surface area contributed by atoms with Gasteiger partial charge < -0.3 is 15.0 Å². The maximum atomic E-state index is 12.8. The number of aryl methyl sites for hydroxylation is 1. The Bertz CT molecular complexity index is 652. The van der Waals surface area contributed by atoms with Gasteiger partial charge in [-0.05, 0) is 64.2 Å². The number of aromatic nitrogens is 2. The van der Waals surface area contributed by atoms with Crippen LogP contribution in [0.15, 0.2) is 6.20 Å². The molecule has 1 saturated carbocycles. The van der Waals surface area contributed by atoms with E-state index in [1.54, 1.807) is 7.11 Å². The van der Waals surface area contributed by atoms with Crippen LogP contribution in [0.25, 0.3) is 0 Å². The van der Waals surface area contributed by atoms with Crippen molar-refractivity contribution in [3.8, 4) is 0 Å². The van der Waals surface area contributed by atoms with E-state index in [1.807, 2.05) is 6.20 Å². The van der Waals surface area contributed by atoms with Gasteiger partial charge in [0.1, 0.15) is 0 Å². The van der Waals surface area contributed by atoms with E-state index in [-0.39, 0.29) is 17.9 Å². The molecule has 4 rings (SSSR count). The summed E-state index contributed by atoms with van der Waals surface area (Å²) in [5.74, 6) is 1.19. The second-order valence-electron chi connectivity index (χ2n) is 8.28. The first kappa shape index (κ1) is 18.7. The minimum absolute atomic E-state index is 0.0665. The van der Waals surface area contributed by atoms with Crippen LogP contribution in [0.3, 0.4) is 0 Å². The van der Waals surface area contributed by atoms with Gasteiger partial charge in [-0.15, -0.1) is 0 Å². The summed E-state index contributed by atoms with van der Waals surface area (Å²) < 4.78 is 5.42. The van der Waals surface area contributed by atoms with Gasteiger partial charge in [-0.2, -0.15) is 0 Å². The molecule has 6 nitrogen and oxygen atoms in total. The van der Waals surface area contributed by atoms with E-state index < -0.39 is 0 Å². The van der Waals surface area contributed by atoms with Gasteiger partial charge in [0.15, 0.2) is 0 Å². The van der Waals surface area contributed by atoms with Crippen molar-refractivity contribution in [2.45, 2.75) is 76.4 Å². The minimum Gasteiger partial charge on any atom is -0.381 e. The molecular weight excluding hydrogens is 340 g/mol. The fraction of sp³-hybridized carbons (Fsp3) is 0.762. The summed E-state index contributed by atoms with van der Waals surface area (Å²) in [6, 6.07) is 0.0665. The Kier molecular flexibility index (Phi) is 5.91. The van der Waals surface area contributed by atoms with Gasteiger partial charge >= 0.3 is 0 Å². The molecule has 1 N–H and O–H groups in total. The Morgan fingerprint density at radius 1 is 1.11 bits per heavy atom. The lowest BCUT2D eigenvalue weighted by molar-refractivity contribution is -0.127. The minimum atomic E-state index is 0.0665. The molecule has 1 aromatic heterocycles. The number of nitrogens with one attached hydrogen (secondary N) is 1. The van der Waals surface area contributed by atoms with Gasteiger partial charge in [-0.25, -0.2) is 9.97 Å². The number of carbonyl (C=O) groups excluding carboxylic acids is 1. The van der Waals surface area contributed by atoms with Crippen LogP contribution >= 0.6 is 0 Å². The number of ether oxygens (including phenoxy) is 1. The Morgan fingerprint density at radius 3 is 2.63 bits per heavy atom. The number of methoxy groups -OCH3 is 1. The highest BCUT2D eigenvalue weighted by molar-refractivity contribution is 5.79. The van der Waals surface area contributed by atoms with E-state index >= 15 is 0 Å². The summed E-state index contributed by atoms with van der Waals surface area (Å²) in [6.07, 6.45) is 12.9. The summed E-state index contributed by atoms with van der Waals surface area (Å²) in [7, 11) is 1.77. The smallest absolute Gasteiger partial charge is 0.225 e. The number of hydrogen-bond donors (Lipinski definition) is 1. The van der Waals surface area contributed by atoms with E-state index in [4.69, 9.17) is 9.72 Å². The number of carbonyl (C=O) groups is 1. The third-order valence-corrected chi connectivity index (χ3v) is 6.50. The molecule has 2 aliphatic carbocycles. The Hall–Kier alpha value is -1.69.